The highest BCUT2D eigenvalue weighted by molar-refractivity contribution is 7.98. The summed E-state index contributed by atoms with van der Waals surface area (Å²) in [5, 5.41) is 29.0. The Bertz CT molecular complexity index is 1620. The molecular formula is C29H27N5O6S. The molecule has 12 heteroatoms. The van der Waals surface area contributed by atoms with Crippen molar-refractivity contribution in [1.82, 2.24) is 9.97 Å². The van der Waals surface area contributed by atoms with E-state index in [2.05, 4.69) is 20.9 Å². The highest BCUT2D eigenvalue weighted by Gasteiger charge is 2.22. The van der Waals surface area contributed by atoms with Crippen molar-refractivity contribution in [2.75, 3.05) is 33.2 Å². The van der Waals surface area contributed by atoms with Crippen LogP contribution in [-0.2, 0) is 5.75 Å². The number of rotatable bonds is 11. The summed E-state index contributed by atoms with van der Waals surface area (Å²) >= 11 is 1.26. The average Bonchev–Trinajstić information content (AvgIpc) is 3.38. The molecule has 0 unspecified atom stereocenters. The SMILES string of the molecule is [C-]#[N+]c1c(N)nc(SCc2nc(-c3ccc(OC)c(OC)c3)oc2C)c(C#N)c1-c1ccc(OC[C@H](O)CO)cc1. The van der Waals surface area contributed by atoms with Crippen LogP contribution in [0.1, 0.15) is 17.0 Å². The van der Waals surface area contributed by atoms with Gasteiger partial charge in [-0.2, -0.15) is 5.26 Å². The summed E-state index contributed by atoms with van der Waals surface area (Å²) in [4.78, 5) is 12.6. The normalized spacial score (nSPS) is 11.4. The Balaban J connectivity index is 1.62. The summed E-state index contributed by atoms with van der Waals surface area (Å²) in [5.74, 6) is 2.94. The maximum atomic E-state index is 10.1. The molecule has 4 aromatic rings. The molecule has 0 aliphatic carbocycles. The van der Waals surface area contributed by atoms with E-state index in [1.807, 2.05) is 6.07 Å². The van der Waals surface area contributed by atoms with Gasteiger partial charge >= 0.3 is 0 Å². The van der Waals surface area contributed by atoms with Gasteiger partial charge < -0.3 is 34.6 Å². The largest absolute Gasteiger partial charge is 0.493 e. The molecule has 41 heavy (non-hydrogen) atoms. The number of hydrogen-bond acceptors (Lipinski definition) is 11. The first-order valence-corrected chi connectivity index (χ1v) is 13.3. The number of aliphatic hydroxyl groups is 2. The van der Waals surface area contributed by atoms with Crippen LogP contribution >= 0.6 is 11.8 Å². The quantitative estimate of drug-likeness (QED) is 0.168. The molecule has 0 spiro atoms. The van der Waals surface area contributed by atoms with Crippen LogP contribution < -0.4 is 19.9 Å². The molecule has 2 aromatic carbocycles. The van der Waals surface area contributed by atoms with E-state index in [0.29, 0.717) is 62.1 Å². The first-order chi connectivity index (χ1) is 19.8. The first-order valence-electron chi connectivity index (χ1n) is 12.3. The maximum Gasteiger partial charge on any atom is 0.236 e. The minimum atomic E-state index is -1.00. The van der Waals surface area contributed by atoms with Gasteiger partial charge in [0.1, 0.15) is 41.1 Å². The first kappa shape index (κ1) is 29.2. The Morgan fingerprint density at radius 1 is 1.12 bits per heavy atom. The molecule has 2 aromatic heterocycles. The average molecular weight is 574 g/mol. The second-order valence-electron chi connectivity index (χ2n) is 8.68. The molecule has 0 radical (unpaired) electrons. The highest BCUT2D eigenvalue weighted by Crippen LogP contribution is 2.42. The number of oxazole rings is 1. The number of pyridine rings is 1. The standard InChI is InChI=1S/C29H27N5O6S/c1-16-22(33-28(40-16)18-7-10-23(37-3)24(11-18)38-4)15-41-29-21(12-30)25(26(32-2)27(31)34-29)17-5-8-20(9-6-17)39-14-19(36)13-35/h5-11,19,35-36H,13-15H2,1,3-4H3,(H2,31,34)/t19-/m1/s1. The summed E-state index contributed by atoms with van der Waals surface area (Å²) in [6, 6.07) is 14.2. The number of thioether (sulfide) groups is 1. The minimum absolute atomic E-state index is 0.00536. The third-order valence-electron chi connectivity index (χ3n) is 6.05. The van der Waals surface area contributed by atoms with Crippen molar-refractivity contribution in [3.8, 4) is 45.9 Å². The lowest BCUT2D eigenvalue weighted by Gasteiger charge is -2.14. The zero-order valence-corrected chi connectivity index (χ0v) is 23.4. The summed E-state index contributed by atoms with van der Waals surface area (Å²) in [6.45, 7) is 8.98. The van der Waals surface area contributed by atoms with Gasteiger partial charge in [-0.1, -0.05) is 23.9 Å². The second-order valence-corrected chi connectivity index (χ2v) is 9.64. The van der Waals surface area contributed by atoms with Gasteiger partial charge in [0, 0.05) is 16.9 Å². The topological polar surface area (TPSA) is 161 Å². The number of nitrogen functional groups attached to an aromatic ring is 1. The maximum absolute atomic E-state index is 10.1. The molecule has 0 saturated heterocycles. The minimum Gasteiger partial charge on any atom is -0.493 e. The van der Waals surface area contributed by atoms with Crippen LogP contribution in [0.2, 0.25) is 0 Å². The number of nitrogens with zero attached hydrogens (tertiary/aromatic N) is 4. The summed E-state index contributed by atoms with van der Waals surface area (Å²) in [7, 11) is 3.11. The third-order valence-corrected chi connectivity index (χ3v) is 7.04. The number of hydrogen-bond donors (Lipinski definition) is 3. The van der Waals surface area contributed by atoms with Crippen molar-refractivity contribution in [1.29, 1.82) is 5.26 Å². The lowest BCUT2D eigenvalue weighted by atomic mass is 10.00. The number of nitriles is 1. The molecule has 1 atom stereocenters. The number of benzene rings is 2. The molecule has 0 aliphatic rings. The highest BCUT2D eigenvalue weighted by atomic mass is 32.2. The molecule has 0 fully saturated rings. The van der Waals surface area contributed by atoms with Gasteiger partial charge in [-0.15, -0.1) is 0 Å². The van der Waals surface area contributed by atoms with Crippen LogP contribution in [0.4, 0.5) is 11.5 Å². The summed E-state index contributed by atoms with van der Waals surface area (Å²) in [5.41, 5.74) is 8.76. The number of aromatic nitrogens is 2. The monoisotopic (exact) mass is 573 g/mol. The Hall–Kier alpha value is -4.75. The lowest BCUT2D eigenvalue weighted by Crippen LogP contribution is -2.21. The van der Waals surface area contributed by atoms with Crippen molar-refractivity contribution in [3.63, 3.8) is 0 Å². The fourth-order valence-corrected chi connectivity index (χ4v) is 4.92. The van der Waals surface area contributed by atoms with Crippen LogP contribution in [0.25, 0.3) is 27.4 Å². The Labute approximate surface area is 241 Å². The van der Waals surface area contributed by atoms with Crippen molar-refractivity contribution in [3.05, 3.63) is 70.9 Å². The van der Waals surface area contributed by atoms with E-state index < -0.39 is 12.7 Å². The number of aryl methyl sites for hydroxylation is 1. The van der Waals surface area contributed by atoms with E-state index in [0.717, 1.165) is 0 Å². The molecule has 2 heterocycles. The van der Waals surface area contributed by atoms with Gasteiger partial charge in [-0.25, -0.2) is 14.8 Å². The molecule has 4 rings (SSSR count). The predicted molar refractivity (Wildman–Crippen MR) is 153 cm³/mol. The molecule has 11 nitrogen and oxygen atoms in total. The lowest BCUT2D eigenvalue weighted by molar-refractivity contribution is 0.0536. The predicted octanol–water partition coefficient (Wildman–Crippen LogP) is 4.76. The fourth-order valence-electron chi connectivity index (χ4n) is 3.93. The molecule has 0 saturated carbocycles. The fraction of sp³-hybridized carbons (Fsp3) is 0.241. The number of aliphatic hydroxyl groups excluding tert-OH is 2. The number of ether oxygens (including phenoxy) is 3. The van der Waals surface area contributed by atoms with Gasteiger partial charge in [0.2, 0.25) is 11.6 Å². The van der Waals surface area contributed by atoms with Crippen molar-refractivity contribution in [2.24, 2.45) is 0 Å². The summed E-state index contributed by atoms with van der Waals surface area (Å²) < 4.78 is 22.1. The van der Waals surface area contributed by atoms with E-state index in [1.54, 1.807) is 57.5 Å². The van der Waals surface area contributed by atoms with E-state index in [9.17, 15) is 10.4 Å². The van der Waals surface area contributed by atoms with Crippen LogP contribution in [-0.4, -0.2) is 53.7 Å². The van der Waals surface area contributed by atoms with Crippen LogP contribution in [0.3, 0.4) is 0 Å². The molecule has 0 bridgehead atoms. The van der Waals surface area contributed by atoms with Crippen molar-refractivity contribution < 1.29 is 28.8 Å². The van der Waals surface area contributed by atoms with E-state index in [-0.39, 0.29) is 23.7 Å². The van der Waals surface area contributed by atoms with Crippen molar-refractivity contribution in [2.45, 2.75) is 23.8 Å². The van der Waals surface area contributed by atoms with Gasteiger partial charge in [0.05, 0.1) is 38.7 Å². The summed E-state index contributed by atoms with van der Waals surface area (Å²) in [6.07, 6.45) is -1.00. The van der Waals surface area contributed by atoms with E-state index in [4.69, 9.17) is 36.0 Å². The Morgan fingerprint density at radius 3 is 2.46 bits per heavy atom. The molecule has 0 amide bonds. The third kappa shape index (κ3) is 6.36. The Kier molecular flexibility index (Phi) is 9.32. The zero-order chi connectivity index (χ0) is 29.5. The number of nitrogens with two attached hydrogens (primary N) is 1. The van der Waals surface area contributed by atoms with Crippen molar-refractivity contribution >= 4 is 23.3 Å². The van der Waals surface area contributed by atoms with E-state index >= 15 is 0 Å². The van der Waals surface area contributed by atoms with Gasteiger partial charge in [-0.3, -0.25) is 0 Å². The van der Waals surface area contributed by atoms with Gasteiger partial charge in [-0.05, 0) is 42.8 Å². The van der Waals surface area contributed by atoms with Crippen LogP contribution in [0.15, 0.2) is 51.9 Å². The molecular weight excluding hydrogens is 546 g/mol. The number of methoxy groups -OCH3 is 2. The number of anilines is 1. The van der Waals surface area contributed by atoms with Gasteiger partial charge in [0.25, 0.3) is 0 Å². The Morgan fingerprint density at radius 2 is 1.83 bits per heavy atom. The molecule has 4 N–H and O–H groups in total. The smallest absolute Gasteiger partial charge is 0.236 e. The van der Waals surface area contributed by atoms with Crippen LogP contribution in [0.5, 0.6) is 17.2 Å². The molecule has 0 aliphatic heterocycles. The zero-order valence-electron chi connectivity index (χ0n) is 22.5. The second kappa shape index (κ2) is 13.1. The molecule has 210 valence electrons. The van der Waals surface area contributed by atoms with E-state index in [1.165, 1.54) is 11.8 Å². The van der Waals surface area contributed by atoms with Crippen LogP contribution in [0, 0.1) is 24.8 Å². The van der Waals surface area contributed by atoms with Gasteiger partial charge in [0.15, 0.2) is 11.5 Å².